The van der Waals surface area contributed by atoms with Gasteiger partial charge in [0, 0.05) is 0 Å². The molecule has 0 saturated carbocycles. The van der Waals surface area contributed by atoms with Crippen molar-refractivity contribution in [2.75, 3.05) is 12.3 Å². The average molecular weight is 919 g/mol. The summed E-state index contributed by atoms with van der Waals surface area (Å²) in [5.41, 5.74) is 1.66. The van der Waals surface area contributed by atoms with Crippen molar-refractivity contribution in [3.05, 3.63) is 230 Å². The Kier molecular flexibility index (Phi) is 18.0. The molecule has 0 aliphatic rings. The van der Waals surface area contributed by atoms with E-state index in [1.807, 2.05) is 72.8 Å². The molecular formula is C50H40Ag2P2+2. The molecule has 0 nitrogen and oxygen atoms in total. The van der Waals surface area contributed by atoms with Crippen molar-refractivity contribution in [1.29, 1.82) is 0 Å². The van der Waals surface area contributed by atoms with E-state index in [2.05, 4.69) is 145 Å². The Morgan fingerprint density at radius 1 is 0.315 bits per heavy atom. The van der Waals surface area contributed by atoms with Crippen molar-refractivity contribution in [2.45, 2.75) is 0 Å². The van der Waals surface area contributed by atoms with Gasteiger partial charge < -0.3 is 12.8 Å². The zero-order valence-electron chi connectivity index (χ0n) is 29.6. The normalized spacial score (nSPS) is 10.0. The van der Waals surface area contributed by atoms with Gasteiger partial charge in [-0.15, -0.1) is 35.4 Å². The molecule has 0 bridgehead atoms. The predicted octanol–water partition coefficient (Wildman–Crippen LogP) is 10.3. The van der Waals surface area contributed by atoms with Crippen LogP contribution in [-0.2, 0) is 44.8 Å². The fraction of sp³-hybridized carbons (Fsp3) is 0.0400. The molecule has 0 saturated heterocycles. The van der Waals surface area contributed by atoms with E-state index >= 15 is 0 Å². The van der Waals surface area contributed by atoms with Crippen molar-refractivity contribution in [2.24, 2.45) is 0 Å². The number of fused-ring (bicyclic) bond motifs is 2. The summed E-state index contributed by atoms with van der Waals surface area (Å²) < 4.78 is 0. The van der Waals surface area contributed by atoms with E-state index in [0.29, 0.717) is 0 Å². The molecule has 0 fully saturated rings. The Morgan fingerprint density at radius 2 is 0.574 bits per heavy atom. The first-order valence-electron chi connectivity index (χ1n) is 17.5. The second-order valence-corrected chi connectivity index (χ2v) is 17.5. The van der Waals surface area contributed by atoms with Gasteiger partial charge in [-0.3, -0.25) is 11.8 Å². The van der Waals surface area contributed by atoms with Crippen LogP contribution in [0.5, 0.6) is 0 Å². The van der Waals surface area contributed by atoms with E-state index in [4.69, 9.17) is 12.8 Å². The number of hydrogen-bond acceptors (Lipinski definition) is 0. The molecule has 0 aliphatic heterocycles. The van der Waals surface area contributed by atoms with E-state index in [0.717, 1.165) is 21.9 Å². The topological polar surface area (TPSA) is 0 Å². The van der Waals surface area contributed by atoms with Crippen molar-refractivity contribution in [3.63, 3.8) is 0 Å². The molecule has 0 radical (unpaired) electrons. The van der Waals surface area contributed by atoms with Gasteiger partial charge in [-0.05, 0) is 70.1 Å². The molecule has 54 heavy (non-hydrogen) atoms. The van der Waals surface area contributed by atoms with E-state index in [1.165, 1.54) is 44.3 Å². The standard InChI is InChI=1S/C26H24P2.2C12H7.2Ag/c1-5-13-23(14-6-1)27(24-15-7-2-8-16-24)21-22-28(25-17-9-3-10-18-25)26-19-11-4-12-20-26;2*1-2-10-7-8-11-5-3-4-6-12(11)9-10;;/h1-20H,21-22H2;2*3-9H;;/q;2*-1;2*+1/p+2. The van der Waals surface area contributed by atoms with Crippen molar-refractivity contribution in [3.8, 4) is 11.8 Å². The molecule has 4 heteroatoms. The molecule has 0 heterocycles. The number of rotatable bonds is 7. The van der Waals surface area contributed by atoms with Gasteiger partial charge in [0.1, 0.15) is 12.3 Å². The minimum absolute atomic E-state index is 0. The summed E-state index contributed by atoms with van der Waals surface area (Å²) in [6.07, 6.45) is 16.5. The summed E-state index contributed by atoms with van der Waals surface area (Å²) >= 11 is 0. The van der Waals surface area contributed by atoms with Crippen LogP contribution in [0.1, 0.15) is 11.1 Å². The van der Waals surface area contributed by atoms with Gasteiger partial charge in [0.25, 0.3) is 0 Å². The van der Waals surface area contributed by atoms with Crippen LogP contribution in [0.4, 0.5) is 0 Å². The molecule has 0 amide bonds. The third-order valence-corrected chi connectivity index (χ3v) is 15.0. The summed E-state index contributed by atoms with van der Waals surface area (Å²) in [5.74, 6) is 4.74. The maximum Gasteiger partial charge on any atom is 1.00 e. The van der Waals surface area contributed by atoms with Crippen LogP contribution in [-0.4, -0.2) is 12.3 Å². The average Bonchev–Trinajstić information content (AvgIpc) is 3.24. The van der Waals surface area contributed by atoms with E-state index in [1.54, 1.807) is 0 Å². The van der Waals surface area contributed by atoms with Crippen LogP contribution in [0, 0.1) is 24.7 Å². The second-order valence-electron chi connectivity index (χ2n) is 12.3. The molecule has 8 aromatic carbocycles. The van der Waals surface area contributed by atoms with Crippen LogP contribution in [0.2, 0.25) is 0 Å². The van der Waals surface area contributed by atoms with Crippen LogP contribution in [0.15, 0.2) is 206 Å². The molecule has 0 aliphatic carbocycles. The summed E-state index contributed by atoms with van der Waals surface area (Å²) in [6.45, 7) is 0. The fourth-order valence-corrected chi connectivity index (χ4v) is 12.5. The molecule has 0 atom stereocenters. The molecule has 8 rings (SSSR count). The Balaban J connectivity index is 0.000000206. The Bertz CT molecular complexity index is 2130. The Morgan fingerprint density at radius 3 is 0.852 bits per heavy atom. The third-order valence-electron chi connectivity index (χ3n) is 8.90. The summed E-state index contributed by atoms with van der Waals surface area (Å²) in [6, 6.07) is 72.4. The van der Waals surface area contributed by atoms with Gasteiger partial charge >= 0.3 is 44.8 Å². The van der Waals surface area contributed by atoms with Crippen molar-refractivity contribution < 1.29 is 44.8 Å². The third kappa shape index (κ3) is 12.1. The van der Waals surface area contributed by atoms with E-state index in [-0.39, 0.29) is 44.8 Å². The first-order valence-corrected chi connectivity index (χ1v) is 20.9. The van der Waals surface area contributed by atoms with Crippen molar-refractivity contribution >= 4 is 58.6 Å². The SMILES string of the molecule is [Ag+].[Ag+].[C-]#Cc1ccc2ccccc2c1.[C-]#Cc1ccc2ccccc2c1.c1ccc([PH+](CC[PH+](c2ccccc2)c2ccccc2)c2ccccc2)cc1. The monoisotopic (exact) mass is 916 g/mol. The summed E-state index contributed by atoms with van der Waals surface area (Å²) in [7, 11) is -1.57. The Hall–Kier alpha value is -4.26. The molecular weight excluding hydrogens is 878 g/mol. The fourth-order valence-electron chi connectivity index (χ4n) is 6.25. The predicted molar refractivity (Wildman–Crippen MR) is 231 cm³/mol. The first-order chi connectivity index (χ1) is 25.7. The van der Waals surface area contributed by atoms with Gasteiger partial charge in [0.2, 0.25) is 0 Å². The first kappa shape index (κ1) is 42.5. The van der Waals surface area contributed by atoms with Gasteiger partial charge in [-0.1, -0.05) is 133 Å². The van der Waals surface area contributed by atoms with Crippen LogP contribution in [0.25, 0.3) is 21.5 Å². The smallest absolute Gasteiger partial charge is 0.366 e. The minimum Gasteiger partial charge on any atom is -0.366 e. The van der Waals surface area contributed by atoms with E-state index in [9.17, 15) is 0 Å². The van der Waals surface area contributed by atoms with Crippen LogP contribution < -0.4 is 21.2 Å². The quantitative estimate of drug-likeness (QED) is 0.0647. The second kappa shape index (κ2) is 22.8. The minimum atomic E-state index is -0.783. The molecule has 0 N–H and O–H groups in total. The number of hydrogen-bond donors (Lipinski definition) is 0. The van der Waals surface area contributed by atoms with Gasteiger partial charge in [0.05, 0.1) is 37.1 Å². The summed E-state index contributed by atoms with van der Waals surface area (Å²) in [5, 5.41) is 10.8. The largest absolute Gasteiger partial charge is 1.00 e. The maximum atomic E-state index is 6.97. The van der Waals surface area contributed by atoms with Gasteiger partial charge in [-0.25, -0.2) is 0 Å². The molecule has 270 valence electrons. The van der Waals surface area contributed by atoms with E-state index < -0.39 is 15.8 Å². The van der Waals surface area contributed by atoms with Gasteiger partial charge in [-0.2, -0.15) is 0 Å². The van der Waals surface area contributed by atoms with Crippen LogP contribution in [0.3, 0.4) is 0 Å². The zero-order chi connectivity index (χ0) is 35.8. The summed E-state index contributed by atoms with van der Waals surface area (Å²) in [4.78, 5) is 0. The van der Waals surface area contributed by atoms with Crippen LogP contribution >= 0.6 is 15.8 Å². The Labute approximate surface area is 355 Å². The zero-order valence-corrected chi connectivity index (χ0v) is 34.6. The molecule has 0 spiro atoms. The van der Waals surface area contributed by atoms with Crippen molar-refractivity contribution in [1.82, 2.24) is 0 Å². The molecule has 0 aromatic heterocycles. The molecule has 0 unspecified atom stereocenters. The maximum absolute atomic E-state index is 6.97. The number of benzene rings is 8. The molecule has 8 aromatic rings. The van der Waals surface area contributed by atoms with Gasteiger partial charge in [0.15, 0.2) is 0 Å².